The summed E-state index contributed by atoms with van der Waals surface area (Å²) < 4.78 is 1.04. The fourth-order valence-corrected chi connectivity index (χ4v) is 3.94. The van der Waals surface area contributed by atoms with Gasteiger partial charge in [0.25, 0.3) is 0 Å². The Morgan fingerprint density at radius 3 is 3.07 bits per heavy atom. The Bertz CT molecular complexity index is 354. The van der Waals surface area contributed by atoms with Crippen LogP contribution in [0.2, 0.25) is 0 Å². The van der Waals surface area contributed by atoms with Gasteiger partial charge in [0, 0.05) is 16.8 Å². The molecule has 2 atom stereocenters. The molecule has 0 saturated heterocycles. The van der Waals surface area contributed by atoms with E-state index in [-0.39, 0.29) is 5.91 Å². The van der Waals surface area contributed by atoms with Crippen LogP contribution in [-0.4, -0.2) is 21.7 Å². The highest BCUT2D eigenvalue weighted by Gasteiger charge is 2.41. The molecule has 1 fully saturated rings. The summed E-state index contributed by atoms with van der Waals surface area (Å²) in [6.45, 7) is 0. The highest BCUT2D eigenvalue weighted by atomic mass is 32.2. The summed E-state index contributed by atoms with van der Waals surface area (Å²) >= 11 is 3.31. The maximum absolute atomic E-state index is 11.1. The fraction of sp³-hybridized carbons (Fsp3) is 0.556. The molecule has 0 aromatic carbocycles. The molecule has 1 saturated carbocycles. The number of hydrogen-bond acceptors (Lipinski definition) is 5. The molecule has 1 aromatic heterocycles. The zero-order valence-electron chi connectivity index (χ0n) is 8.18. The Hall–Kier alpha value is -0.590. The Morgan fingerprint density at radius 2 is 2.53 bits per heavy atom. The fourth-order valence-electron chi connectivity index (χ4n) is 1.76. The van der Waals surface area contributed by atoms with Crippen LogP contribution in [0.1, 0.15) is 19.3 Å². The van der Waals surface area contributed by atoms with Gasteiger partial charge in [-0.3, -0.25) is 4.79 Å². The van der Waals surface area contributed by atoms with E-state index in [1.165, 1.54) is 0 Å². The minimum atomic E-state index is -0.797. The first-order valence-electron chi connectivity index (χ1n) is 4.75. The van der Waals surface area contributed by atoms with Crippen LogP contribution < -0.4 is 11.5 Å². The molecular formula is C9H13N3OS2. The minimum Gasteiger partial charge on any atom is -0.368 e. The molecule has 2 rings (SSSR count). The molecule has 4 nitrogen and oxygen atoms in total. The first-order valence-corrected chi connectivity index (χ1v) is 6.51. The summed E-state index contributed by atoms with van der Waals surface area (Å²) in [6, 6.07) is 0. The van der Waals surface area contributed by atoms with Gasteiger partial charge in [0.05, 0.1) is 5.54 Å². The first-order chi connectivity index (χ1) is 7.10. The second-order valence-corrected chi connectivity index (χ2v) is 6.24. The predicted molar refractivity (Wildman–Crippen MR) is 61.7 cm³/mol. The lowest BCUT2D eigenvalue weighted by molar-refractivity contribution is -0.122. The van der Waals surface area contributed by atoms with E-state index in [1.54, 1.807) is 29.3 Å². The maximum Gasteiger partial charge on any atom is 0.237 e. The Morgan fingerprint density at radius 1 is 1.73 bits per heavy atom. The number of amides is 1. The molecule has 82 valence electrons. The lowest BCUT2D eigenvalue weighted by Gasteiger charge is -2.18. The van der Waals surface area contributed by atoms with Gasteiger partial charge in [-0.05, 0) is 19.3 Å². The lowest BCUT2D eigenvalue weighted by Crippen LogP contribution is -2.50. The Labute approximate surface area is 96.4 Å². The number of carbonyl (C=O) groups is 1. The summed E-state index contributed by atoms with van der Waals surface area (Å²) in [5, 5.41) is 2.31. The summed E-state index contributed by atoms with van der Waals surface area (Å²) in [4.78, 5) is 15.3. The second-order valence-electron chi connectivity index (χ2n) is 3.80. The van der Waals surface area contributed by atoms with Crippen molar-refractivity contribution in [1.82, 2.24) is 4.98 Å². The summed E-state index contributed by atoms with van der Waals surface area (Å²) in [5.41, 5.74) is 10.4. The molecule has 0 radical (unpaired) electrons. The Balaban J connectivity index is 1.96. The highest BCUT2D eigenvalue weighted by molar-refractivity contribution is 8.01. The van der Waals surface area contributed by atoms with Gasteiger partial charge in [0.2, 0.25) is 5.91 Å². The quantitative estimate of drug-likeness (QED) is 0.828. The van der Waals surface area contributed by atoms with Crippen LogP contribution >= 0.6 is 23.1 Å². The van der Waals surface area contributed by atoms with Gasteiger partial charge in [-0.15, -0.1) is 11.3 Å². The van der Waals surface area contributed by atoms with Gasteiger partial charge >= 0.3 is 0 Å². The predicted octanol–water partition coefficient (Wildman–Crippen LogP) is 0.971. The number of hydrogen-bond donors (Lipinski definition) is 2. The summed E-state index contributed by atoms with van der Waals surface area (Å²) in [7, 11) is 0. The van der Waals surface area contributed by atoms with Crippen molar-refractivity contribution in [1.29, 1.82) is 0 Å². The second kappa shape index (κ2) is 4.11. The van der Waals surface area contributed by atoms with Crippen molar-refractivity contribution in [3.8, 4) is 0 Å². The van der Waals surface area contributed by atoms with E-state index in [0.717, 1.165) is 10.8 Å². The van der Waals surface area contributed by atoms with Gasteiger partial charge in [0.1, 0.15) is 4.34 Å². The molecule has 0 spiro atoms. The smallest absolute Gasteiger partial charge is 0.237 e. The van der Waals surface area contributed by atoms with Crippen molar-refractivity contribution >= 4 is 29.0 Å². The van der Waals surface area contributed by atoms with E-state index < -0.39 is 5.54 Å². The standard InChI is InChI=1S/C9H13N3OS2/c10-7(13)9(11)2-1-6(5-9)15-8-12-3-4-14-8/h3-4,6H,1-2,5,11H2,(H2,10,13). The average Bonchev–Trinajstić information content (AvgIpc) is 2.77. The van der Waals surface area contributed by atoms with Crippen LogP contribution in [0.5, 0.6) is 0 Å². The monoisotopic (exact) mass is 243 g/mol. The molecule has 15 heavy (non-hydrogen) atoms. The third-order valence-corrected chi connectivity index (χ3v) is 4.86. The zero-order valence-corrected chi connectivity index (χ0v) is 9.81. The number of primary amides is 1. The van der Waals surface area contributed by atoms with E-state index in [2.05, 4.69) is 4.98 Å². The van der Waals surface area contributed by atoms with Crippen LogP contribution in [0.3, 0.4) is 0 Å². The van der Waals surface area contributed by atoms with Gasteiger partial charge < -0.3 is 11.5 Å². The van der Waals surface area contributed by atoms with Gasteiger partial charge in [-0.2, -0.15) is 0 Å². The summed E-state index contributed by atoms with van der Waals surface area (Å²) in [5.74, 6) is -0.385. The molecule has 0 aliphatic heterocycles. The van der Waals surface area contributed by atoms with E-state index in [1.807, 2.05) is 5.38 Å². The zero-order chi connectivity index (χ0) is 10.9. The van der Waals surface area contributed by atoms with Crippen molar-refractivity contribution in [2.45, 2.75) is 34.4 Å². The normalized spacial score (nSPS) is 30.6. The SMILES string of the molecule is NC(=O)C1(N)CCC(Sc2nccs2)C1. The molecule has 1 aromatic rings. The third-order valence-electron chi connectivity index (χ3n) is 2.67. The highest BCUT2D eigenvalue weighted by Crippen LogP contribution is 2.39. The molecule has 2 unspecified atom stereocenters. The topological polar surface area (TPSA) is 82.0 Å². The van der Waals surface area contributed by atoms with Crippen molar-refractivity contribution in [2.24, 2.45) is 11.5 Å². The number of nitrogens with two attached hydrogens (primary N) is 2. The van der Waals surface area contributed by atoms with Crippen LogP contribution in [-0.2, 0) is 4.79 Å². The van der Waals surface area contributed by atoms with E-state index >= 15 is 0 Å². The van der Waals surface area contributed by atoms with Crippen molar-refractivity contribution in [2.75, 3.05) is 0 Å². The molecule has 1 heterocycles. The van der Waals surface area contributed by atoms with Crippen LogP contribution in [0, 0.1) is 0 Å². The molecule has 4 N–H and O–H groups in total. The van der Waals surface area contributed by atoms with Crippen LogP contribution in [0.4, 0.5) is 0 Å². The molecule has 6 heteroatoms. The summed E-state index contributed by atoms with van der Waals surface area (Å²) in [6.07, 6.45) is 4.06. The van der Waals surface area contributed by atoms with Crippen LogP contribution in [0.25, 0.3) is 0 Å². The molecule has 0 bridgehead atoms. The number of thiazole rings is 1. The largest absolute Gasteiger partial charge is 0.368 e. The molecular weight excluding hydrogens is 230 g/mol. The number of thioether (sulfide) groups is 1. The minimum absolute atomic E-state index is 0.369. The van der Waals surface area contributed by atoms with Crippen LogP contribution in [0.15, 0.2) is 15.9 Å². The number of rotatable bonds is 3. The number of aromatic nitrogens is 1. The van der Waals surface area contributed by atoms with Gasteiger partial charge in [-0.1, -0.05) is 11.8 Å². The molecule has 1 aliphatic rings. The maximum atomic E-state index is 11.1. The van der Waals surface area contributed by atoms with E-state index in [9.17, 15) is 4.79 Å². The van der Waals surface area contributed by atoms with E-state index in [0.29, 0.717) is 18.1 Å². The Kier molecular flexibility index (Phi) is 2.99. The van der Waals surface area contributed by atoms with Gasteiger partial charge in [0.15, 0.2) is 0 Å². The van der Waals surface area contributed by atoms with E-state index in [4.69, 9.17) is 11.5 Å². The molecule has 1 aliphatic carbocycles. The average molecular weight is 243 g/mol. The van der Waals surface area contributed by atoms with Crippen molar-refractivity contribution in [3.63, 3.8) is 0 Å². The molecule has 1 amide bonds. The first kappa shape index (κ1) is 10.9. The van der Waals surface area contributed by atoms with Gasteiger partial charge in [-0.25, -0.2) is 4.98 Å². The lowest BCUT2D eigenvalue weighted by atomic mass is 9.99. The number of nitrogens with zero attached hydrogens (tertiary/aromatic N) is 1. The third kappa shape index (κ3) is 2.32. The van der Waals surface area contributed by atoms with Crippen molar-refractivity contribution < 1.29 is 4.79 Å². The van der Waals surface area contributed by atoms with Crippen molar-refractivity contribution in [3.05, 3.63) is 11.6 Å². The number of carbonyl (C=O) groups excluding carboxylic acids is 1.